The van der Waals surface area contributed by atoms with Crippen molar-refractivity contribution < 1.29 is 4.79 Å². The van der Waals surface area contributed by atoms with Crippen LogP contribution in [0.15, 0.2) is 0 Å². The molecule has 1 amide bonds. The van der Waals surface area contributed by atoms with Gasteiger partial charge in [0.05, 0.1) is 0 Å². The second-order valence-electron chi connectivity index (χ2n) is 7.24. The third-order valence-corrected chi connectivity index (χ3v) is 4.98. The molecule has 112 valence electrons. The molecule has 3 N–H and O–H groups in total. The summed E-state index contributed by atoms with van der Waals surface area (Å²) in [6.45, 7) is 9.61. The Bertz CT molecular complexity index is 278. The Hall–Kier alpha value is -0.570. The van der Waals surface area contributed by atoms with E-state index in [1.54, 1.807) is 0 Å². The van der Waals surface area contributed by atoms with Gasteiger partial charge in [-0.3, -0.25) is 4.79 Å². The summed E-state index contributed by atoms with van der Waals surface area (Å²) < 4.78 is 0. The molecule has 0 unspecified atom stereocenters. The molecule has 3 nitrogen and oxygen atoms in total. The van der Waals surface area contributed by atoms with Gasteiger partial charge in [0.1, 0.15) is 0 Å². The molecule has 0 aromatic heterocycles. The summed E-state index contributed by atoms with van der Waals surface area (Å²) in [5.74, 6) is 1.50. The summed E-state index contributed by atoms with van der Waals surface area (Å²) in [7, 11) is 0. The summed E-state index contributed by atoms with van der Waals surface area (Å²) in [5, 5.41) is 3.09. The maximum Gasteiger partial charge on any atom is 0.220 e. The fourth-order valence-corrected chi connectivity index (χ4v) is 2.43. The van der Waals surface area contributed by atoms with Crippen LogP contribution in [0.3, 0.4) is 0 Å². The van der Waals surface area contributed by atoms with Crippen molar-refractivity contribution in [3.63, 3.8) is 0 Å². The molecule has 1 aliphatic carbocycles. The number of nitrogens with two attached hydrogens (primary N) is 1. The maximum atomic E-state index is 11.9. The highest BCUT2D eigenvalue weighted by atomic mass is 16.1. The van der Waals surface area contributed by atoms with E-state index in [2.05, 4.69) is 33.0 Å². The molecular formula is C16H32N2O. The van der Waals surface area contributed by atoms with Crippen LogP contribution in [0.1, 0.15) is 66.2 Å². The second kappa shape index (κ2) is 7.28. The van der Waals surface area contributed by atoms with Gasteiger partial charge in [-0.2, -0.15) is 0 Å². The highest BCUT2D eigenvalue weighted by Gasteiger charge is 2.23. The Balaban J connectivity index is 2.18. The van der Waals surface area contributed by atoms with E-state index in [1.807, 2.05) is 0 Å². The standard InChI is InChI=1S/C16H32N2O/c1-12(2)16(3,4)11-18-15(19)10-7-13-5-8-14(17)9-6-13/h12-14H,5-11,17H2,1-4H3,(H,18,19). The first-order chi connectivity index (χ1) is 8.81. The minimum atomic E-state index is 0.174. The van der Waals surface area contributed by atoms with Gasteiger partial charge >= 0.3 is 0 Å². The predicted octanol–water partition coefficient (Wildman–Crippen LogP) is 3.08. The van der Waals surface area contributed by atoms with E-state index in [-0.39, 0.29) is 11.3 Å². The van der Waals surface area contributed by atoms with Crippen LogP contribution in [0.5, 0.6) is 0 Å². The number of nitrogens with one attached hydrogen (secondary N) is 1. The van der Waals surface area contributed by atoms with Crippen LogP contribution < -0.4 is 11.1 Å². The molecule has 0 heterocycles. The van der Waals surface area contributed by atoms with Gasteiger partial charge in [-0.25, -0.2) is 0 Å². The van der Waals surface area contributed by atoms with Crippen molar-refractivity contribution in [2.75, 3.05) is 6.54 Å². The summed E-state index contributed by atoms with van der Waals surface area (Å²) in [6, 6.07) is 0.400. The highest BCUT2D eigenvalue weighted by molar-refractivity contribution is 5.75. The lowest BCUT2D eigenvalue weighted by molar-refractivity contribution is -0.122. The Morgan fingerprint density at radius 2 is 1.84 bits per heavy atom. The minimum absolute atomic E-state index is 0.174. The van der Waals surface area contributed by atoms with Gasteiger partial charge in [-0.05, 0) is 49.4 Å². The van der Waals surface area contributed by atoms with Gasteiger partial charge in [0.2, 0.25) is 5.91 Å². The van der Waals surface area contributed by atoms with Gasteiger partial charge < -0.3 is 11.1 Å². The van der Waals surface area contributed by atoms with Crippen LogP contribution in [0, 0.1) is 17.3 Å². The molecule has 0 spiro atoms. The second-order valence-corrected chi connectivity index (χ2v) is 7.24. The van der Waals surface area contributed by atoms with Gasteiger partial charge in [0, 0.05) is 19.0 Å². The van der Waals surface area contributed by atoms with Gasteiger partial charge in [-0.1, -0.05) is 27.7 Å². The van der Waals surface area contributed by atoms with Gasteiger partial charge in [-0.15, -0.1) is 0 Å². The average Bonchev–Trinajstić information content (AvgIpc) is 2.35. The molecular weight excluding hydrogens is 236 g/mol. The lowest BCUT2D eigenvalue weighted by Gasteiger charge is -2.29. The first kappa shape index (κ1) is 16.5. The minimum Gasteiger partial charge on any atom is -0.356 e. The third-order valence-electron chi connectivity index (χ3n) is 4.98. The molecule has 1 fully saturated rings. The predicted molar refractivity (Wildman–Crippen MR) is 80.8 cm³/mol. The molecule has 0 aromatic carbocycles. The molecule has 19 heavy (non-hydrogen) atoms. The number of carbonyl (C=O) groups is 1. The lowest BCUT2D eigenvalue weighted by Crippen LogP contribution is -2.37. The monoisotopic (exact) mass is 268 g/mol. The number of hydrogen-bond acceptors (Lipinski definition) is 2. The summed E-state index contributed by atoms with van der Waals surface area (Å²) in [4.78, 5) is 11.9. The van der Waals surface area contributed by atoms with Crippen molar-refractivity contribution in [3.05, 3.63) is 0 Å². The topological polar surface area (TPSA) is 55.1 Å². The fourth-order valence-electron chi connectivity index (χ4n) is 2.43. The number of amides is 1. The Morgan fingerprint density at radius 1 is 1.26 bits per heavy atom. The van der Waals surface area contributed by atoms with Crippen LogP contribution in [0.4, 0.5) is 0 Å². The number of rotatable bonds is 6. The van der Waals surface area contributed by atoms with Crippen LogP contribution >= 0.6 is 0 Å². The summed E-state index contributed by atoms with van der Waals surface area (Å²) in [5.41, 5.74) is 6.07. The zero-order valence-corrected chi connectivity index (χ0v) is 13.2. The van der Waals surface area contributed by atoms with Crippen molar-refractivity contribution in [1.29, 1.82) is 0 Å². The van der Waals surface area contributed by atoms with E-state index in [0.29, 0.717) is 24.3 Å². The molecule has 1 aliphatic rings. The molecule has 0 aromatic rings. The molecule has 0 bridgehead atoms. The largest absolute Gasteiger partial charge is 0.356 e. The SMILES string of the molecule is CC(C)C(C)(C)CNC(=O)CCC1CCC(N)CC1. The first-order valence-electron chi connectivity index (χ1n) is 7.83. The van der Waals surface area contributed by atoms with E-state index in [0.717, 1.165) is 25.8 Å². The quantitative estimate of drug-likeness (QED) is 0.778. The normalized spacial score (nSPS) is 24.5. The Labute approximate surface area is 118 Å². The van der Waals surface area contributed by atoms with Crippen molar-refractivity contribution >= 4 is 5.91 Å². The molecule has 3 heteroatoms. The zero-order valence-electron chi connectivity index (χ0n) is 13.2. The first-order valence-corrected chi connectivity index (χ1v) is 7.83. The summed E-state index contributed by atoms with van der Waals surface area (Å²) >= 11 is 0. The smallest absolute Gasteiger partial charge is 0.220 e. The van der Waals surface area contributed by atoms with Crippen molar-refractivity contribution in [2.24, 2.45) is 23.0 Å². The zero-order chi connectivity index (χ0) is 14.5. The van der Waals surface area contributed by atoms with E-state index in [1.165, 1.54) is 12.8 Å². The van der Waals surface area contributed by atoms with Crippen molar-refractivity contribution in [2.45, 2.75) is 72.3 Å². The van der Waals surface area contributed by atoms with Crippen LogP contribution in [-0.2, 0) is 4.79 Å². The molecule has 0 saturated heterocycles. The van der Waals surface area contributed by atoms with Crippen molar-refractivity contribution in [1.82, 2.24) is 5.32 Å². The lowest BCUT2D eigenvalue weighted by atomic mass is 9.81. The maximum absolute atomic E-state index is 11.9. The fraction of sp³-hybridized carbons (Fsp3) is 0.938. The highest BCUT2D eigenvalue weighted by Crippen LogP contribution is 2.27. The third kappa shape index (κ3) is 5.94. The number of hydrogen-bond donors (Lipinski definition) is 2. The Kier molecular flexibility index (Phi) is 6.31. The van der Waals surface area contributed by atoms with E-state index in [9.17, 15) is 4.79 Å². The molecule has 0 radical (unpaired) electrons. The molecule has 0 aliphatic heterocycles. The van der Waals surface area contributed by atoms with Crippen LogP contribution in [0.2, 0.25) is 0 Å². The molecule has 0 atom stereocenters. The van der Waals surface area contributed by atoms with Gasteiger partial charge in [0.15, 0.2) is 0 Å². The Morgan fingerprint density at radius 3 is 2.37 bits per heavy atom. The van der Waals surface area contributed by atoms with Crippen molar-refractivity contribution in [3.8, 4) is 0 Å². The van der Waals surface area contributed by atoms with Crippen LogP contribution in [0.25, 0.3) is 0 Å². The number of carbonyl (C=O) groups excluding carboxylic acids is 1. The average molecular weight is 268 g/mol. The van der Waals surface area contributed by atoms with Crippen LogP contribution in [-0.4, -0.2) is 18.5 Å². The van der Waals surface area contributed by atoms with E-state index in [4.69, 9.17) is 5.73 Å². The van der Waals surface area contributed by atoms with Gasteiger partial charge in [0.25, 0.3) is 0 Å². The van der Waals surface area contributed by atoms with E-state index < -0.39 is 0 Å². The van der Waals surface area contributed by atoms with E-state index >= 15 is 0 Å². The molecule has 1 saturated carbocycles. The summed E-state index contributed by atoms with van der Waals surface area (Å²) in [6.07, 6.45) is 6.37. The molecule has 1 rings (SSSR count).